The first kappa shape index (κ1) is 26.4. The van der Waals surface area contributed by atoms with Gasteiger partial charge in [0.2, 0.25) is 0 Å². The summed E-state index contributed by atoms with van der Waals surface area (Å²) in [4.78, 5) is 7.01. The minimum Gasteiger partial charge on any atom is -0.345 e. The molecule has 1 aliphatic rings. The van der Waals surface area contributed by atoms with Gasteiger partial charge >= 0.3 is 6.18 Å². The van der Waals surface area contributed by atoms with Gasteiger partial charge in [-0.2, -0.15) is 13.2 Å². The Morgan fingerprint density at radius 2 is 1.44 bits per heavy atom. The lowest BCUT2D eigenvalue weighted by molar-refractivity contribution is -0.211. The van der Waals surface area contributed by atoms with E-state index in [2.05, 4.69) is 67.6 Å². The van der Waals surface area contributed by atoms with Gasteiger partial charge in [0.25, 0.3) is 0 Å². The molecule has 1 aromatic heterocycles. The van der Waals surface area contributed by atoms with Gasteiger partial charge in [-0.1, -0.05) is 83.1 Å². The Balaban J connectivity index is 1.52. The normalized spacial score (nSPS) is 16.1. The van der Waals surface area contributed by atoms with Crippen LogP contribution >= 0.6 is 11.3 Å². The van der Waals surface area contributed by atoms with E-state index in [4.69, 9.17) is 0 Å². The molecule has 1 atom stereocenters. The summed E-state index contributed by atoms with van der Waals surface area (Å²) in [7, 11) is 0. The number of halogens is 3. The molecule has 7 heteroatoms. The summed E-state index contributed by atoms with van der Waals surface area (Å²) in [5, 5.41) is 6.90. The number of aliphatic imine (C=N–C) groups is 1. The summed E-state index contributed by atoms with van der Waals surface area (Å²) in [5.41, 5.74) is 4.57. The summed E-state index contributed by atoms with van der Waals surface area (Å²) in [5.74, 6) is 0. The predicted octanol–water partition coefficient (Wildman–Crippen LogP) is 8.61. The molecule has 2 aromatic carbocycles. The maximum atomic E-state index is 13.2. The van der Waals surface area contributed by atoms with E-state index in [1.807, 2.05) is 12.1 Å². The fourth-order valence-electron chi connectivity index (χ4n) is 4.22. The van der Waals surface area contributed by atoms with Crippen molar-refractivity contribution in [3.63, 3.8) is 0 Å². The molecule has 0 amide bonds. The van der Waals surface area contributed by atoms with Crippen molar-refractivity contribution < 1.29 is 13.2 Å². The Morgan fingerprint density at radius 1 is 0.889 bits per heavy atom. The van der Waals surface area contributed by atoms with Gasteiger partial charge in [0.1, 0.15) is 6.17 Å². The van der Waals surface area contributed by atoms with Gasteiger partial charge in [0.15, 0.2) is 0 Å². The SMILES string of the molecule is Cc1c(-c2ccc(-c3ccc(CC(C)(C)C(F)(F)F)cc3)cc2)sc2c1NC=NC2NCC(C)(C)C. The molecule has 0 saturated heterocycles. The number of fused-ring (bicyclic) bond motifs is 1. The second-order valence-corrected chi connectivity index (χ2v) is 12.4. The number of hydrogen-bond donors (Lipinski definition) is 2. The molecule has 0 radical (unpaired) electrons. The Morgan fingerprint density at radius 3 is 2.00 bits per heavy atom. The Labute approximate surface area is 215 Å². The third-order valence-corrected chi connectivity index (χ3v) is 7.92. The smallest absolute Gasteiger partial charge is 0.345 e. The van der Waals surface area contributed by atoms with Gasteiger partial charge in [-0.25, -0.2) is 0 Å². The second-order valence-electron chi connectivity index (χ2n) is 11.4. The van der Waals surface area contributed by atoms with Crippen LogP contribution < -0.4 is 10.6 Å². The zero-order valence-electron chi connectivity index (χ0n) is 21.7. The summed E-state index contributed by atoms with van der Waals surface area (Å²) in [6.07, 6.45) is -2.56. The minimum atomic E-state index is -4.23. The molecule has 0 fully saturated rings. The van der Waals surface area contributed by atoms with Crippen molar-refractivity contribution in [3.8, 4) is 21.6 Å². The number of rotatable bonds is 6. The van der Waals surface area contributed by atoms with Gasteiger partial charge in [-0.05, 0) is 46.6 Å². The number of anilines is 1. The van der Waals surface area contributed by atoms with Crippen molar-refractivity contribution >= 4 is 23.4 Å². The third-order valence-electron chi connectivity index (χ3n) is 6.53. The van der Waals surface area contributed by atoms with Crippen molar-refractivity contribution in [3.05, 3.63) is 64.5 Å². The van der Waals surface area contributed by atoms with Crippen LogP contribution in [0.4, 0.5) is 18.9 Å². The highest BCUT2D eigenvalue weighted by Gasteiger charge is 2.46. The van der Waals surface area contributed by atoms with Crippen molar-refractivity contribution in [2.24, 2.45) is 15.8 Å². The van der Waals surface area contributed by atoms with Crippen LogP contribution in [-0.4, -0.2) is 19.1 Å². The molecule has 2 N–H and O–H groups in total. The Kier molecular flexibility index (Phi) is 7.10. The molecular formula is C29H34F3N3S. The molecule has 0 bridgehead atoms. The molecule has 1 aliphatic heterocycles. The quantitative estimate of drug-likeness (QED) is 0.346. The molecule has 3 aromatic rings. The number of nitrogens with one attached hydrogen (secondary N) is 2. The van der Waals surface area contributed by atoms with Gasteiger partial charge in [-0.15, -0.1) is 11.3 Å². The number of hydrogen-bond acceptors (Lipinski definition) is 4. The van der Waals surface area contributed by atoms with Crippen LogP contribution in [0.2, 0.25) is 0 Å². The Bertz CT molecular complexity index is 1230. The van der Waals surface area contributed by atoms with Crippen LogP contribution in [0.1, 0.15) is 56.8 Å². The molecule has 36 heavy (non-hydrogen) atoms. The van der Waals surface area contributed by atoms with Crippen LogP contribution in [0.15, 0.2) is 53.5 Å². The number of benzene rings is 2. The number of alkyl halides is 3. The van der Waals surface area contributed by atoms with Crippen molar-refractivity contribution in [2.45, 2.75) is 60.3 Å². The van der Waals surface area contributed by atoms with Gasteiger partial charge in [-0.3, -0.25) is 10.3 Å². The summed E-state index contributed by atoms with van der Waals surface area (Å²) in [6, 6.07) is 15.8. The maximum Gasteiger partial charge on any atom is 0.394 e. The molecule has 2 heterocycles. The van der Waals surface area contributed by atoms with E-state index < -0.39 is 11.6 Å². The first-order chi connectivity index (χ1) is 16.7. The van der Waals surface area contributed by atoms with Crippen LogP contribution in [0.5, 0.6) is 0 Å². The number of thiophene rings is 1. The third kappa shape index (κ3) is 5.68. The summed E-state index contributed by atoms with van der Waals surface area (Å²) in [6.45, 7) is 12.1. The lowest BCUT2D eigenvalue weighted by atomic mass is 9.84. The minimum absolute atomic E-state index is 0.0403. The average Bonchev–Trinajstić information content (AvgIpc) is 3.14. The van der Waals surface area contributed by atoms with E-state index >= 15 is 0 Å². The fourth-order valence-corrected chi connectivity index (χ4v) is 5.51. The highest BCUT2D eigenvalue weighted by Crippen LogP contribution is 2.45. The fraction of sp³-hybridized carbons (Fsp3) is 0.414. The first-order valence-electron chi connectivity index (χ1n) is 12.2. The summed E-state index contributed by atoms with van der Waals surface area (Å²) >= 11 is 1.75. The lowest BCUT2D eigenvalue weighted by Crippen LogP contribution is -2.34. The van der Waals surface area contributed by atoms with E-state index in [0.29, 0.717) is 5.56 Å². The van der Waals surface area contributed by atoms with Crippen molar-refractivity contribution in [2.75, 3.05) is 11.9 Å². The monoisotopic (exact) mass is 513 g/mol. The standard InChI is InChI=1S/C29H34F3N3S/c1-18-23-25(26(35-17-34-23)33-16-27(2,3)4)36-24(18)22-13-11-21(12-14-22)20-9-7-19(8-10-20)15-28(5,6)29(30,31)32/h7-14,17,26,33H,15-16H2,1-6H3,(H,34,35). The molecule has 3 nitrogen and oxygen atoms in total. The van der Waals surface area contributed by atoms with Crippen molar-refractivity contribution in [1.82, 2.24) is 5.32 Å². The largest absolute Gasteiger partial charge is 0.394 e. The maximum absolute atomic E-state index is 13.2. The van der Waals surface area contributed by atoms with Crippen LogP contribution in [-0.2, 0) is 6.42 Å². The lowest BCUT2D eigenvalue weighted by Gasteiger charge is -2.27. The number of nitrogens with zero attached hydrogens (tertiary/aromatic N) is 1. The van der Waals surface area contributed by atoms with Crippen LogP contribution in [0, 0.1) is 17.8 Å². The molecule has 0 spiro atoms. The first-order valence-corrected chi connectivity index (χ1v) is 13.0. The van der Waals surface area contributed by atoms with Crippen LogP contribution in [0.3, 0.4) is 0 Å². The van der Waals surface area contributed by atoms with Gasteiger partial charge < -0.3 is 5.32 Å². The molecule has 4 rings (SSSR count). The molecular weight excluding hydrogens is 479 g/mol. The highest BCUT2D eigenvalue weighted by molar-refractivity contribution is 7.16. The average molecular weight is 514 g/mol. The topological polar surface area (TPSA) is 36.4 Å². The zero-order chi connectivity index (χ0) is 26.3. The van der Waals surface area contributed by atoms with Crippen molar-refractivity contribution in [1.29, 1.82) is 0 Å². The second kappa shape index (κ2) is 9.67. The summed E-state index contributed by atoms with van der Waals surface area (Å²) < 4.78 is 39.7. The van der Waals surface area contributed by atoms with E-state index in [1.165, 1.54) is 29.2 Å². The predicted molar refractivity (Wildman–Crippen MR) is 146 cm³/mol. The molecule has 192 valence electrons. The highest BCUT2D eigenvalue weighted by atomic mass is 32.1. The van der Waals surface area contributed by atoms with E-state index in [1.54, 1.807) is 29.8 Å². The van der Waals surface area contributed by atoms with Gasteiger partial charge in [0, 0.05) is 11.4 Å². The zero-order valence-corrected chi connectivity index (χ0v) is 22.5. The molecule has 0 aliphatic carbocycles. The van der Waals surface area contributed by atoms with E-state index in [9.17, 15) is 13.2 Å². The Hall–Kier alpha value is -2.64. The molecule has 1 unspecified atom stereocenters. The molecule has 0 saturated carbocycles. The van der Waals surface area contributed by atoms with E-state index in [-0.39, 0.29) is 18.0 Å². The van der Waals surface area contributed by atoms with Gasteiger partial charge in [0.05, 0.1) is 22.3 Å². The van der Waals surface area contributed by atoms with Crippen LogP contribution in [0.25, 0.3) is 21.6 Å². The van der Waals surface area contributed by atoms with E-state index in [0.717, 1.165) is 28.9 Å².